The number of nitrogens with zero attached hydrogens (tertiary/aromatic N) is 2. The van der Waals surface area contributed by atoms with E-state index in [1.807, 2.05) is 24.3 Å². The molecule has 0 unspecified atom stereocenters. The van der Waals surface area contributed by atoms with Crippen LogP contribution < -0.4 is 4.74 Å². The Bertz CT molecular complexity index is 469. The van der Waals surface area contributed by atoms with Gasteiger partial charge in [0, 0.05) is 37.3 Å². The molecule has 1 aromatic carbocycles. The van der Waals surface area contributed by atoms with Gasteiger partial charge < -0.3 is 4.74 Å². The average Bonchev–Trinajstić information content (AvgIpc) is 2.47. The summed E-state index contributed by atoms with van der Waals surface area (Å²) < 4.78 is 5.12. The lowest BCUT2D eigenvalue weighted by atomic mass is 10.0. The quantitative estimate of drug-likeness (QED) is 0.797. The van der Waals surface area contributed by atoms with Crippen molar-refractivity contribution in [2.24, 2.45) is 0 Å². The van der Waals surface area contributed by atoms with Crippen LogP contribution in [0, 0.1) is 0 Å². The molecule has 1 heterocycles. The second-order valence-corrected chi connectivity index (χ2v) is 6.59. The maximum absolute atomic E-state index is 12.3. The molecule has 4 heteroatoms. The fraction of sp³-hybridized carbons (Fsp3) is 0.588. The van der Waals surface area contributed by atoms with E-state index in [4.69, 9.17) is 4.74 Å². The number of ketones is 1. The highest BCUT2D eigenvalue weighted by Gasteiger charge is 2.26. The topological polar surface area (TPSA) is 32.8 Å². The standard InChI is InChI=1S/C17H26N2O2/c1-17(2,3)19-11-9-18(10-12-19)13-16(20)14-5-7-15(21-4)8-6-14/h5-8H,9-13H2,1-4H3. The van der Waals surface area contributed by atoms with Gasteiger partial charge in [-0.2, -0.15) is 0 Å². The van der Waals surface area contributed by atoms with Crippen LogP contribution in [0.2, 0.25) is 0 Å². The smallest absolute Gasteiger partial charge is 0.176 e. The molecule has 1 aliphatic heterocycles. The minimum absolute atomic E-state index is 0.182. The van der Waals surface area contributed by atoms with E-state index in [0.717, 1.165) is 37.5 Å². The normalized spacial score (nSPS) is 17.7. The zero-order chi connectivity index (χ0) is 15.5. The van der Waals surface area contributed by atoms with Crippen LogP contribution in [0.5, 0.6) is 5.75 Å². The van der Waals surface area contributed by atoms with Crippen LogP contribution in [-0.2, 0) is 0 Å². The second kappa shape index (κ2) is 6.58. The van der Waals surface area contributed by atoms with Crippen molar-refractivity contribution in [1.29, 1.82) is 0 Å². The number of Topliss-reactive ketones (excluding diaryl/α,β-unsaturated/α-hetero) is 1. The zero-order valence-corrected chi connectivity index (χ0v) is 13.6. The van der Waals surface area contributed by atoms with Gasteiger partial charge in [0.15, 0.2) is 5.78 Å². The molecular formula is C17H26N2O2. The summed E-state index contributed by atoms with van der Waals surface area (Å²) in [5.74, 6) is 0.965. The van der Waals surface area contributed by atoms with Gasteiger partial charge in [0.25, 0.3) is 0 Å². The molecule has 0 atom stereocenters. The number of carbonyl (C=O) groups excluding carboxylic acids is 1. The van der Waals surface area contributed by atoms with Crippen LogP contribution >= 0.6 is 0 Å². The molecule has 116 valence electrons. The lowest BCUT2D eigenvalue weighted by Gasteiger charge is -2.42. The molecule has 1 aliphatic rings. The maximum atomic E-state index is 12.3. The summed E-state index contributed by atoms with van der Waals surface area (Å²) in [6, 6.07) is 7.36. The molecule has 0 spiro atoms. The molecule has 0 radical (unpaired) electrons. The predicted molar refractivity (Wildman–Crippen MR) is 85.1 cm³/mol. The summed E-state index contributed by atoms with van der Waals surface area (Å²) in [4.78, 5) is 17.0. The fourth-order valence-electron chi connectivity index (χ4n) is 2.65. The summed E-state index contributed by atoms with van der Waals surface area (Å²) in [5, 5.41) is 0. The fourth-order valence-corrected chi connectivity index (χ4v) is 2.65. The highest BCUT2D eigenvalue weighted by molar-refractivity contribution is 5.97. The lowest BCUT2D eigenvalue weighted by molar-refractivity contribution is 0.0579. The maximum Gasteiger partial charge on any atom is 0.176 e. The molecule has 0 aliphatic carbocycles. The van der Waals surface area contributed by atoms with Crippen LogP contribution in [-0.4, -0.2) is 61.0 Å². The van der Waals surface area contributed by atoms with Gasteiger partial charge in [-0.1, -0.05) is 0 Å². The van der Waals surface area contributed by atoms with Crippen LogP contribution in [0.4, 0.5) is 0 Å². The molecule has 21 heavy (non-hydrogen) atoms. The Morgan fingerprint density at radius 3 is 2.14 bits per heavy atom. The van der Waals surface area contributed by atoms with Crippen molar-refractivity contribution >= 4 is 5.78 Å². The number of methoxy groups -OCH3 is 1. The number of hydrogen-bond donors (Lipinski definition) is 0. The molecule has 1 fully saturated rings. The minimum Gasteiger partial charge on any atom is -0.497 e. The van der Waals surface area contributed by atoms with Gasteiger partial charge in [-0.15, -0.1) is 0 Å². The number of piperazine rings is 1. The highest BCUT2D eigenvalue weighted by Crippen LogP contribution is 2.16. The largest absolute Gasteiger partial charge is 0.497 e. The number of rotatable bonds is 4. The van der Waals surface area contributed by atoms with Gasteiger partial charge in [0.2, 0.25) is 0 Å². The van der Waals surface area contributed by atoms with Gasteiger partial charge >= 0.3 is 0 Å². The van der Waals surface area contributed by atoms with Crippen molar-refractivity contribution in [3.8, 4) is 5.75 Å². The van der Waals surface area contributed by atoms with Gasteiger partial charge in [-0.3, -0.25) is 14.6 Å². The van der Waals surface area contributed by atoms with E-state index in [-0.39, 0.29) is 11.3 Å². The Labute approximate surface area is 127 Å². The summed E-state index contributed by atoms with van der Waals surface area (Å²) in [6.07, 6.45) is 0. The van der Waals surface area contributed by atoms with E-state index in [0.29, 0.717) is 6.54 Å². The molecule has 0 saturated carbocycles. The average molecular weight is 290 g/mol. The Kier molecular flexibility index (Phi) is 5.01. The zero-order valence-electron chi connectivity index (χ0n) is 13.6. The van der Waals surface area contributed by atoms with Crippen molar-refractivity contribution in [3.05, 3.63) is 29.8 Å². The van der Waals surface area contributed by atoms with E-state index in [2.05, 4.69) is 30.6 Å². The third kappa shape index (κ3) is 4.29. The number of ether oxygens (including phenoxy) is 1. The first kappa shape index (κ1) is 16.0. The minimum atomic E-state index is 0.182. The van der Waals surface area contributed by atoms with Gasteiger partial charge in [-0.05, 0) is 45.0 Å². The van der Waals surface area contributed by atoms with Crippen molar-refractivity contribution in [2.45, 2.75) is 26.3 Å². The van der Waals surface area contributed by atoms with E-state index >= 15 is 0 Å². The van der Waals surface area contributed by atoms with Crippen molar-refractivity contribution in [1.82, 2.24) is 9.80 Å². The highest BCUT2D eigenvalue weighted by atomic mass is 16.5. The molecule has 2 rings (SSSR count). The first-order valence-electron chi connectivity index (χ1n) is 7.55. The summed E-state index contributed by atoms with van der Waals surface area (Å²) >= 11 is 0. The predicted octanol–water partition coefficient (Wildman–Crippen LogP) is 2.29. The molecule has 0 bridgehead atoms. The van der Waals surface area contributed by atoms with E-state index in [9.17, 15) is 4.79 Å². The monoisotopic (exact) mass is 290 g/mol. The van der Waals surface area contributed by atoms with E-state index in [1.165, 1.54) is 0 Å². The van der Waals surface area contributed by atoms with E-state index < -0.39 is 0 Å². The molecular weight excluding hydrogens is 264 g/mol. The molecule has 0 N–H and O–H groups in total. The Morgan fingerprint density at radius 1 is 1.10 bits per heavy atom. The second-order valence-electron chi connectivity index (χ2n) is 6.59. The SMILES string of the molecule is COc1ccc(C(=O)CN2CCN(C(C)(C)C)CC2)cc1. The number of carbonyl (C=O) groups is 1. The molecule has 0 amide bonds. The summed E-state index contributed by atoms with van der Waals surface area (Å²) in [5.41, 5.74) is 0.973. The van der Waals surface area contributed by atoms with Gasteiger partial charge in [-0.25, -0.2) is 0 Å². The van der Waals surface area contributed by atoms with Crippen LogP contribution in [0.3, 0.4) is 0 Å². The number of hydrogen-bond acceptors (Lipinski definition) is 4. The Hall–Kier alpha value is -1.39. The van der Waals surface area contributed by atoms with Crippen LogP contribution in [0.1, 0.15) is 31.1 Å². The van der Waals surface area contributed by atoms with Gasteiger partial charge in [0.05, 0.1) is 13.7 Å². The third-order valence-corrected chi connectivity index (χ3v) is 4.10. The Morgan fingerprint density at radius 2 is 1.67 bits per heavy atom. The molecule has 0 aromatic heterocycles. The molecule has 4 nitrogen and oxygen atoms in total. The third-order valence-electron chi connectivity index (χ3n) is 4.10. The van der Waals surface area contributed by atoms with E-state index in [1.54, 1.807) is 7.11 Å². The first-order chi connectivity index (χ1) is 9.90. The van der Waals surface area contributed by atoms with Crippen molar-refractivity contribution in [2.75, 3.05) is 39.8 Å². The van der Waals surface area contributed by atoms with Crippen molar-refractivity contribution in [3.63, 3.8) is 0 Å². The van der Waals surface area contributed by atoms with Crippen LogP contribution in [0.25, 0.3) is 0 Å². The summed E-state index contributed by atoms with van der Waals surface area (Å²) in [6.45, 7) is 11.2. The molecule has 1 aromatic rings. The van der Waals surface area contributed by atoms with Crippen LogP contribution in [0.15, 0.2) is 24.3 Å². The van der Waals surface area contributed by atoms with Crippen molar-refractivity contribution < 1.29 is 9.53 Å². The lowest BCUT2D eigenvalue weighted by Crippen LogP contribution is -2.54. The number of benzene rings is 1. The first-order valence-corrected chi connectivity index (χ1v) is 7.55. The molecule has 1 saturated heterocycles. The Balaban J connectivity index is 1.86. The summed E-state index contributed by atoms with van der Waals surface area (Å²) in [7, 11) is 1.63. The van der Waals surface area contributed by atoms with Gasteiger partial charge in [0.1, 0.15) is 5.75 Å².